The van der Waals surface area contributed by atoms with Gasteiger partial charge in [-0.05, 0) is 44.7 Å². The number of thiophene rings is 1. The van der Waals surface area contributed by atoms with Gasteiger partial charge in [0.15, 0.2) is 0 Å². The smallest absolute Gasteiger partial charge is 0.252 e. The number of hydrogen-bond acceptors (Lipinski definition) is 6. The molecule has 0 N–H and O–H groups in total. The molecule has 1 saturated heterocycles. The third kappa shape index (κ3) is 2.95. The largest absolute Gasteiger partial charge is 0.425 e. The van der Waals surface area contributed by atoms with Crippen LogP contribution in [0.25, 0.3) is 0 Å². The summed E-state index contributed by atoms with van der Waals surface area (Å²) in [5, 5.41) is 8.29. The lowest BCUT2D eigenvalue weighted by atomic mass is 9.98. The normalized spacial score (nSPS) is 20.9. The molecular formula is C15H19N3O3S2. The summed E-state index contributed by atoms with van der Waals surface area (Å²) in [4.78, 5) is 1.01. The zero-order chi connectivity index (χ0) is 16.0. The molecule has 0 radical (unpaired) electrons. The van der Waals surface area contributed by atoms with Crippen LogP contribution in [0.3, 0.4) is 0 Å². The molecule has 2 fully saturated rings. The fourth-order valence-corrected chi connectivity index (χ4v) is 5.84. The average molecular weight is 353 g/mol. The lowest BCUT2D eigenvalue weighted by Crippen LogP contribution is -2.37. The van der Waals surface area contributed by atoms with Gasteiger partial charge in [-0.1, -0.05) is 0 Å². The highest BCUT2D eigenvalue weighted by atomic mass is 32.2. The Morgan fingerprint density at radius 3 is 2.22 bits per heavy atom. The van der Waals surface area contributed by atoms with Crippen LogP contribution in [-0.4, -0.2) is 36.0 Å². The van der Waals surface area contributed by atoms with Gasteiger partial charge in [-0.2, -0.15) is 4.31 Å². The zero-order valence-electron chi connectivity index (χ0n) is 12.9. The standard InChI is InChI=1S/C15H19N3O3S2/c1-10-2-5-13(22-10)23(19,20)18-8-6-12(7-9-18)15-17-16-14(21-15)11-3-4-11/h2,5,11-12H,3-4,6-9H2,1H3. The maximum absolute atomic E-state index is 12.6. The Balaban J connectivity index is 1.43. The monoisotopic (exact) mass is 353 g/mol. The first-order valence-electron chi connectivity index (χ1n) is 7.94. The molecule has 2 aromatic rings. The van der Waals surface area contributed by atoms with E-state index in [1.807, 2.05) is 13.0 Å². The molecule has 0 unspecified atom stereocenters. The van der Waals surface area contributed by atoms with E-state index in [1.54, 1.807) is 10.4 Å². The minimum Gasteiger partial charge on any atom is -0.425 e. The summed E-state index contributed by atoms with van der Waals surface area (Å²) in [7, 11) is -3.36. The Kier molecular flexibility index (Phi) is 3.78. The van der Waals surface area contributed by atoms with Crippen LogP contribution in [0.5, 0.6) is 0 Å². The molecule has 4 rings (SSSR count). The van der Waals surface area contributed by atoms with Gasteiger partial charge in [0.1, 0.15) is 4.21 Å². The molecule has 2 aliphatic rings. The Bertz CT molecular complexity index is 800. The van der Waals surface area contributed by atoms with Gasteiger partial charge in [-0.15, -0.1) is 21.5 Å². The van der Waals surface area contributed by atoms with E-state index >= 15 is 0 Å². The highest BCUT2D eigenvalue weighted by Gasteiger charge is 2.34. The van der Waals surface area contributed by atoms with E-state index in [9.17, 15) is 8.42 Å². The number of aryl methyl sites for hydroxylation is 1. The van der Waals surface area contributed by atoms with Gasteiger partial charge in [0.25, 0.3) is 10.0 Å². The predicted octanol–water partition coefficient (Wildman–Crippen LogP) is 2.89. The summed E-state index contributed by atoms with van der Waals surface area (Å²) in [6.07, 6.45) is 3.74. The van der Waals surface area contributed by atoms with Crippen LogP contribution in [0.2, 0.25) is 0 Å². The summed E-state index contributed by atoms with van der Waals surface area (Å²) in [6, 6.07) is 3.55. The summed E-state index contributed by atoms with van der Waals surface area (Å²) >= 11 is 1.33. The molecule has 1 saturated carbocycles. The van der Waals surface area contributed by atoms with Crippen molar-refractivity contribution in [2.24, 2.45) is 0 Å². The third-order valence-electron chi connectivity index (χ3n) is 4.50. The fourth-order valence-electron chi connectivity index (χ4n) is 2.93. The Morgan fingerprint density at radius 2 is 1.70 bits per heavy atom. The lowest BCUT2D eigenvalue weighted by molar-refractivity contribution is 0.287. The van der Waals surface area contributed by atoms with Crippen molar-refractivity contribution in [1.29, 1.82) is 0 Å². The molecule has 0 spiro atoms. The van der Waals surface area contributed by atoms with Crippen LogP contribution in [0, 0.1) is 6.92 Å². The molecule has 2 aromatic heterocycles. The summed E-state index contributed by atoms with van der Waals surface area (Å²) in [5.41, 5.74) is 0. The number of hydrogen-bond donors (Lipinski definition) is 0. The van der Waals surface area contributed by atoms with Crippen molar-refractivity contribution < 1.29 is 12.8 Å². The molecule has 0 bridgehead atoms. The van der Waals surface area contributed by atoms with Crippen molar-refractivity contribution in [3.8, 4) is 0 Å². The SMILES string of the molecule is Cc1ccc(S(=O)(=O)N2CCC(c3nnc(C4CC4)o3)CC2)s1. The quantitative estimate of drug-likeness (QED) is 0.845. The average Bonchev–Trinajstić information content (AvgIpc) is 3.10. The van der Waals surface area contributed by atoms with Crippen molar-refractivity contribution in [3.05, 3.63) is 28.8 Å². The molecule has 1 aliphatic carbocycles. The first-order valence-corrected chi connectivity index (χ1v) is 10.2. The molecule has 124 valence electrons. The van der Waals surface area contributed by atoms with Crippen LogP contribution >= 0.6 is 11.3 Å². The number of sulfonamides is 1. The number of nitrogens with zero attached hydrogens (tertiary/aromatic N) is 3. The topological polar surface area (TPSA) is 76.3 Å². The molecule has 0 atom stereocenters. The summed E-state index contributed by atoms with van der Waals surface area (Å²) in [6.45, 7) is 2.93. The van der Waals surface area contributed by atoms with Crippen molar-refractivity contribution in [3.63, 3.8) is 0 Å². The van der Waals surface area contributed by atoms with E-state index in [1.165, 1.54) is 11.3 Å². The van der Waals surface area contributed by atoms with Crippen molar-refractivity contribution in [1.82, 2.24) is 14.5 Å². The molecule has 1 aliphatic heterocycles. The Labute approximate surface area is 139 Å². The second kappa shape index (κ2) is 5.68. The maximum atomic E-state index is 12.6. The number of piperidine rings is 1. The van der Waals surface area contributed by atoms with Crippen LogP contribution in [0.1, 0.15) is 54.2 Å². The molecule has 0 aromatic carbocycles. The number of aromatic nitrogens is 2. The Hall–Kier alpha value is -1.25. The summed E-state index contributed by atoms with van der Waals surface area (Å²) < 4.78 is 33.0. The van der Waals surface area contributed by atoms with E-state index < -0.39 is 10.0 Å². The van der Waals surface area contributed by atoms with E-state index in [4.69, 9.17) is 4.42 Å². The van der Waals surface area contributed by atoms with Crippen molar-refractivity contribution in [2.75, 3.05) is 13.1 Å². The number of rotatable bonds is 4. The van der Waals surface area contributed by atoms with Crippen LogP contribution in [-0.2, 0) is 10.0 Å². The molecule has 8 heteroatoms. The molecule has 6 nitrogen and oxygen atoms in total. The van der Waals surface area contributed by atoms with E-state index in [0.717, 1.165) is 36.5 Å². The summed E-state index contributed by atoms with van der Waals surface area (Å²) in [5.74, 6) is 2.06. The maximum Gasteiger partial charge on any atom is 0.252 e. The lowest BCUT2D eigenvalue weighted by Gasteiger charge is -2.29. The molecular weight excluding hydrogens is 334 g/mol. The highest BCUT2D eigenvalue weighted by molar-refractivity contribution is 7.91. The van der Waals surface area contributed by atoms with Gasteiger partial charge >= 0.3 is 0 Å². The second-order valence-electron chi connectivity index (χ2n) is 6.30. The minimum absolute atomic E-state index is 0.173. The van der Waals surface area contributed by atoms with Gasteiger partial charge in [0, 0.05) is 29.8 Å². The van der Waals surface area contributed by atoms with Crippen molar-refractivity contribution >= 4 is 21.4 Å². The van der Waals surface area contributed by atoms with E-state index in [-0.39, 0.29) is 5.92 Å². The van der Waals surface area contributed by atoms with Gasteiger partial charge in [-0.3, -0.25) is 0 Å². The van der Waals surface area contributed by atoms with E-state index in [0.29, 0.717) is 29.1 Å². The second-order valence-corrected chi connectivity index (χ2v) is 9.75. The highest BCUT2D eigenvalue weighted by Crippen LogP contribution is 2.40. The van der Waals surface area contributed by atoms with Gasteiger partial charge in [0.05, 0.1) is 0 Å². The van der Waals surface area contributed by atoms with Crippen LogP contribution < -0.4 is 0 Å². The zero-order valence-corrected chi connectivity index (χ0v) is 14.6. The van der Waals surface area contributed by atoms with Crippen molar-refractivity contribution in [2.45, 2.75) is 48.7 Å². The van der Waals surface area contributed by atoms with Crippen LogP contribution in [0.15, 0.2) is 20.8 Å². The van der Waals surface area contributed by atoms with Gasteiger partial charge in [0.2, 0.25) is 11.8 Å². The van der Waals surface area contributed by atoms with Gasteiger partial charge < -0.3 is 4.42 Å². The molecule has 3 heterocycles. The first kappa shape index (κ1) is 15.3. The van der Waals surface area contributed by atoms with Gasteiger partial charge in [-0.25, -0.2) is 8.42 Å². The fraction of sp³-hybridized carbons (Fsp3) is 0.600. The van der Waals surface area contributed by atoms with Crippen LogP contribution in [0.4, 0.5) is 0 Å². The first-order chi connectivity index (χ1) is 11.0. The molecule has 23 heavy (non-hydrogen) atoms. The van der Waals surface area contributed by atoms with E-state index in [2.05, 4.69) is 10.2 Å². The Morgan fingerprint density at radius 1 is 1.09 bits per heavy atom. The molecule has 0 amide bonds. The minimum atomic E-state index is -3.36. The predicted molar refractivity (Wildman–Crippen MR) is 86.1 cm³/mol. The third-order valence-corrected chi connectivity index (χ3v) is 7.86.